The summed E-state index contributed by atoms with van der Waals surface area (Å²) < 4.78 is 0. The fraction of sp³-hybridized carbons (Fsp3) is 0.182. The average molecular weight is 350 g/mol. The van der Waals surface area contributed by atoms with Crippen molar-refractivity contribution in [3.8, 4) is 0 Å². The first-order valence-electron chi connectivity index (χ1n) is 8.57. The number of hydrogen-bond donors (Lipinski definition) is 0. The number of rotatable bonds is 5. The lowest BCUT2D eigenvalue weighted by Crippen LogP contribution is -2.40. The first-order valence-corrected chi connectivity index (χ1v) is 14.9. The first kappa shape index (κ1) is 17.1. The van der Waals surface area contributed by atoms with E-state index in [-0.39, 0.29) is 0 Å². The van der Waals surface area contributed by atoms with Crippen LogP contribution in [0.25, 0.3) is 0 Å². The van der Waals surface area contributed by atoms with Crippen molar-refractivity contribution in [2.24, 2.45) is 0 Å². The van der Waals surface area contributed by atoms with E-state index in [1.807, 2.05) is 0 Å². The summed E-state index contributed by atoms with van der Waals surface area (Å²) in [5.74, 6) is 0. The SMILES string of the molecule is C[Si](C)(C)[P+](Cc1ccccc1)(c1ccccc1)c1ccccc1. The van der Waals surface area contributed by atoms with Crippen molar-refractivity contribution in [2.75, 3.05) is 0 Å². The summed E-state index contributed by atoms with van der Waals surface area (Å²) >= 11 is 0. The molecule has 0 atom stereocenters. The van der Waals surface area contributed by atoms with E-state index in [9.17, 15) is 0 Å². The van der Waals surface area contributed by atoms with Crippen LogP contribution in [0.1, 0.15) is 5.56 Å². The molecule has 0 aliphatic carbocycles. The Morgan fingerprint density at radius 2 is 0.958 bits per heavy atom. The fourth-order valence-corrected chi connectivity index (χ4v) is 15.9. The molecule has 0 radical (unpaired) electrons. The molecule has 3 rings (SSSR count). The third-order valence-corrected chi connectivity index (χ3v) is 19.2. The van der Waals surface area contributed by atoms with Gasteiger partial charge in [-0.05, 0) is 49.5 Å². The predicted octanol–water partition coefficient (Wildman–Crippen LogP) is 5.69. The molecule has 0 bridgehead atoms. The third-order valence-electron chi connectivity index (χ3n) is 4.80. The van der Waals surface area contributed by atoms with Crippen molar-refractivity contribution >= 4 is 25.2 Å². The molecule has 3 aromatic carbocycles. The van der Waals surface area contributed by atoms with Gasteiger partial charge in [0.25, 0.3) is 0 Å². The Kier molecular flexibility index (Phi) is 5.03. The molecule has 122 valence electrons. The minimum absolute atomic E-state index is 1.16. The van der Waals surface area contributed by atoms with Gasteiger partial charge in [0.2, 0.25) is 7.74 Å². The molecule has 2 heteroatoms. The second-order valence-electron chi connectivity index (χ2n) is 7.30. The lowest BCUT2D eigenvalue weighted by molar-refractivity contribution is 1.39. The molecule has 0 unspecified atom stereocenters. The molecule has 0 saturated heterocycles. The molecule has 3 aromatic rings. The lowest BCUT2D eigenvalue weighted by Gasteiger charge is -2.37. The van der Waals surface area contributed by atoms with Gasteiger partial charge in [-0.15, -0.1) is 0 Å². The molecule has 0 N–H and O–H groups in total. The molecule has 24 heavy (non-hydrogen) atoms. The summed E-state index contributed by atoms with van der Waals surface area (Å²) in [4.78, 5) is 0. The molecule has 0 heterocycles. The van der Waals surface area contributed by atoms with Gasteiger partial charge in [-0.2, -0.15) is 0 Å². The summed E-state index contributed by atoms with van der Waals surface area (Å²) in [5.41, 5.74) is 1.46. The van der Waals surface area contributed by atoms with Crippen LogP contribution in [0.5, 0.6) is 0 Å². The molecular formula is C22H26PSi+. The number of hydrogen-bond acceptors (Lipinski definition) is 0. The molecular weight excluding hydrogens is 323 g/mol. The van der Waals surface area contributed by atoms with Gasteiger partial charge in [0, 0.05) is 6.81 Å². The van der Waals surface area contributed by atoms with Crippen LogP contribution in [0.15, 0.2) is 91.0 Å². The zero-order valence-corrected chi connectivity index (χ0v) is 16.7. The highest BCUT2D eigenvalue weighted by Crippen LogP contribution is 2.66. The first-order chi connectivity index (χ1) is 11.5. The highest BCUT2D eigenvalue weighted by atomic mass is 31.4. The van der Waals surface area contributed by atoms with Crippen molar-refractivity contribution in [1.29, 1.82) is 0 Å². The van der Waals surface area contributed by atoms with Crippen molar-refractivity contribution < 1.29 is 0 Å². The van der Waals surface area contributed by atoms with E-state index >= 15 is 0 Å². The van der Waals surface area contributed by atoms with E-state index in [2.05, 4.69) is 111 Å². The maximum Gasteiger partial charge on any atom is 0.232 e. The molecule has 0 amide bonds. The Bertz CT molecular complexity index is 722. The third kappa shape index (κ3) is 3.24. The predicted molar refractivity (Wildman–Crippen MR) is 113 cm³/mol. The summed E-state index contributed by atoms with van der Waals surface area (Å²) in [5, 5.41) is 3.11. The summed E-state index contributed by atoms with van der Waals surface area (Å²) in [6.45, 7) is 6.17. The quantitative estimate of drug-likeness (QED) is 0.410. The van der Waals surface area contributed by atoms with Gasteiger partial charge in [-0.3, -0.25) is 0 Å². The van der Waals surface area contributed by atoms with Gasteiger partial charge in [0.1, 0.15) is 0 Å². The minimum atomic E-state index is -1.49. The van der Waals surface area contributed by atoms with Crippen LogP contribution in [0.2, 0.25) is 19.6 Å². The molecule has 0 aromatic heterocycles. The van der Waals surface area contributed by atoms with Crippen LogP contribution in [0.4, 0.5) is 0 Å². The van der Waals surface area contributed by atoms with Crippen LogP contribution >= 0.6 is 6.81 Å². The van der Waals surface area contributed by atoms with E-state index < -0.39 is 14.6 Å². The van der Waals surface area contributed by atoms with Crippen molar-refractivity contribution in [3.63, 3.8) is 0 Å². The van der Waals surface area contributed by atoms with Gasteiger partial charge in [-0.25, -0.2) is 0 Å². The van der Waals surface area contributed by atoms with Gasteiger partial charge in [0.15, 0.2) is 0 Å². The average Bonchev–Trinajstić information content (AvgIpc) is 2.61. The molecule has 0 saturated carbocycles. The van der Waals surface area contributed by atoms with Gasteiger partial charge in [-0.1, -0.05) is 66.7 Å². The Morgan fingerprint density at radius 1 is 0.583 bits per heavy atom. The van der Waals surface area contributed by atoms with Crippen LogP contribution in [-0.4, -0.2) is 7.74 Å². The monoisotopic (exact) mass is 349 g/mol. The van der Waals surface area contributed by atoms with Crippen LogP contribution < -0.4 is 10.6 Å². The Hall–Kier alpha value is -1.69. The summed E-state index contributed by atoms with van der Waals surface area (Å²) in [7, 11) is -1.49. The van der Waals surface area contributed by atoms with Crippen molar-refractivity contribution in [1.82, 2.24) is 0 Å². The van der Waals surface area contributed by atoms with Gasteiger partial charge in [0.05, 0.1) is 16.8 Å². The van der Waals surface area contributed by atoms with E-state index in [0.717, 1.165) is 6.16 Å². The zero-order chi connectivity index (χ0) is 17.0. The Balaban J connectivity index is 2.25. The molecule has 0 aliphatic heterocycles. The second kappa shape index (κ2) is 7.05. The van der Waals surface area contributed by atoms with Crippen LogP contribution in [0.3, 0.4) is 0 Å². The second-order valence-corrected chi connectivity index (χ2v) is 20.9. The topological polar surface area (TPSA) is 0 Å². The van der Waals surface area contributed by atoms with Gasteiger partial charge < -0.3 is 0 Å². The van der Waals surface area contributed by atoms with Crippen molar-refractivity contribution in [2.45, 2.75) is 25.8 Å². The molecule has 0 spiro atoms. The summed E-state index contributed by atoms with van der Waals surface area (Å²) in [6.07, 6.45) is 1.16. The minimum Gasteiger partial charge on any atom is -0.0622 e. The Morgan fingerprint density at radius 3 is 1.33 bits per heavy atom. The van der Waals surface area contributed by atoms with E-state index in [0.29, 0.717) is 0 Å². The van der Waals surface area contributed by atoms with E-state index in [1.54, 1.807) is 10.6 Å². The smallest absolute Gasteiger partial charge is 0.0622 e. The molecule has 0 fully saturated rings. The largest absolute Gasteiger partial charge is 0.232 e. The molecule has 0 nitrogen and oxygen atoms in total. The van der Waals surface area contributed by atoms with E-state index in [1.165, 1.54) is 5.56 Å². The van der Waals surface area contributed by atoms with Crippen LogP contribution in [-0.2, 0) is 6.16 Å². The standard InChI is InChI=1S/C22H26PSi/c1-24(2,3)23(21-15-9-5-10-16-21,22-17-11-6-12-18-22)19-20-13-7-4-8-14-20/h4-18H,19H2,1-3H3/q+1. The highest BCUT2D eigenvalue weighted by Gasteiger charge is 2.54. The maximum absolute atomic E-state index is 2.55. The van der Waals surface area contributed by atoms with Gasteiger partial charge >= 0.3 is 0 Å². The summed E-state index contributed by atoms with van der Waals surface area (Å²) in [6, 6.07) is 33.6. The fourth-order valence-electron chi connectivity index (χ4n) is 3.57. The normalized spacial score (nSPS) is 12.1. The Labute approximate surface area is 147 Å². The lowest BCUT2D eigenvalue weighted by atomic mass is 10.2. The molecule has 0 aliphatic rings. The zero-order valence-electron chi connectivity index (χ0n) is 14.8. The van der Waals surface area contributed by atoms with Crippen LogP contribution in [0, 0.1) is 0 Å². The number of benzene rings is 3. The van der Waals surface area contributed by atoms with Crippen molar-refractivity contribution in [3.05, 3.63) is 96.6 Å². The maximum atomic E-state index is 2.55. The van der Waals surface area contributed by atoms with E-state index in [4.69, 9.17) is 0 Å². The highest BCUT2D eigenvalue weighted by molar-refractivity contribution is 8.17.